The lowest BCUT2D eigenvalue weighted by Crippen LogP contribution is -2.30. The summed E-state index contributed by atoms with van der Waals surface area (Å²) in [5.74, 6) is -0.862. The second-order valence-corrected chi connectivity index (χ2v) is 19.6. The number of esters is 3. The van der Waals surface area contributed by atoms with E-state index >= 15 is 0 Å². The Morgan fingerprint density at radius 3 is 0.781 bits per heavy atom. The van der Waals surface area contributed by atoms with Gasteiger partial charge in [-0.3, -0.25) is 14.4 Å². The number of hydrogen-bond donors (Lipinski definition) is 0. The van der Waals surface area contributed by atoms with E-state index in [-0.39, 0.29) is 31.1 Å². The van der Waals surface area contributed by atoms with Crippen molar-refractivity contribution in [2.24, 2.45) is 0 Å². The van der Waals surface area contributed by atoms with Crippen molar-refractivity contribution in [3.63, 3.8) is 0 Å². The molecule has 0 bridgehead atoms. The van der Waals surface area contributed by atoms with Gasteiger partial charge in [-0.1, -0.05) is 270 Å². The van der Waals surface area contributed by atoms with Gasteiger partial charge in [0.2, 0.25) is 0 Å². The molecule has 0 aromatic carbocycles. The summed E-state index contributed by atoms with van der Waals surface area (Å²) < 4.78 is 16.7. The summed E-state index contributed by atoms with van der Waals surface area (Å²) in [6.45, 7) is 6.59. The van der Waals surface area contributed by atoms with Crippen LogP contribution in [-0.4, -0.2) is 37.2 Å². The van der Waals surface area contributed by atoms with Crippen molar-refractivity contribution in [1.29, 1.82) is 0 Å². The third-order valence-corrected chi connectivity index (χ3v) is 13.0. The highest BCUT2D eigenvalue weighted by Crippen LogP contribution is 2.17. The van der Waals surface area contributed by atoms with Crippen molar-refractivity contribution in [1.82, 2.24) is 0 Å². The van der Waals surface area contributed by atoms with E-state index in [2.05, 4.69) is 32.9 Å². The Kier molecular flexibility index (Phi) is 52.2. The lowest BCUT2D eigenvalue weighted by atomic mass is 10.0. The highest BCUT2D eigenvalue weighted by Gasteiger charge is 2.19. The molecule has 0 fully saturated rings. The van der Waals surface area contributed by atoms with Crippen LogP contribution < -0.4 is 0 Å². The molecule has 378 valence electrons. The predicted molar refractivity (Wildman–Crippen MR) is 275 cm³/mol. The molecular weight excluding hydrogens is 793 g/mol. The Labute approximate surface area is 399 Å². The Morgan fingerprint density at radius 1 is 0.297 bits per heavy atom. The van der Waals surface area contributed by atoms with Gasteiger partial charge in [-0.15, -0.1) is 0 Å². The van der Waals surface area contributed by atoms with E-state index in [1.54, 1.807) is 0 Å². The van der Waals surface area contributed by atoms with E-state index in [0.717, 1.165) is 64.2 Å². The summed E-state index contributed by atoms with van der Waals surface area (Å²) in [5.41, 5.74) is 0. The van der Waals surface area contributed by atoms with Crippen molar-refractivity contribution < 1.29 is 28.6 Å². The summed E-state index contributed by atoms with van der Waals surface area (Å²) in [4.78, 5) is 37.7. The van der Waals surface area contributed by atoms with Gasteiger partial charge in [0.25, 0.3) is 0 Å². The number of hydrogen-bond acceptors (Lipinski definition) is 6. The number of ether oxygens (including phenoxy) is 3. The van der Waals surface area contributed by atoms with Crippen molar-refractivity contribution in [2.75, 3.05) is 13.2 Å². The topological polar surface area (TPSA) is 78.9 Å². The summed E-state index contributed by atoms with van der Waals surface area (Å²) in [7, 11) is 0. The third kappa shape index (κ3) is 51.1. The van der Waals surface area contributed by atoms with E-state index in [4.69, 9.17) is 14.2 Å². The fourth-order valence-electron chi connectivity index (χ4n) is 8.68. The van der Waals surface area contributed by atoms with Crippen LogP contribution in [0.1, 0.15) is 323 Å². The maximum absolute atomic E-state index is 12.7. The maximum atomic E-state index is 12.7. The van der Waals surface area contributed by atoms with Crippen molar-refractivity contribution in [2.45, 2.75) is 329 Å². The Bertz CT molecular complexity index is 993. The molecule has 6 nitrogen and oxygen atoms in total. The van der Waals surface area contributed by atoms with Gasteiger partial charge >= 0.3 is 17.9 Å². The zero-order chi connectivity index (χ0) is 46.5. The van der Waals surface area contributed by atoms with E-state index in [1.807, 2.05) is 0 Å². The predicted octanol–water partition coefficient (Wildman–Crippen LogP) is 18.9. The lowest BCUT2D eigenvalue weighted by Gasteiger charge is -2.18. The first-order chi connectivity index (χ1) is 31.5. The summed E-state index contributed by atoms with van der Waals surface area (Å²) >= 11 is 0. The molecule has 1 unspecified atom stereocenters. The van der Waals surface area contributed by atoms with Crippen LogP contribution >= 0.6 is 0 Å². The van der Waals surface area contributed by atoms with Gasteiger partial charge in [0, 0.05) is 19.3 Å². The van der Waals surface area contributed by atoms with Crippen LogP contribution in [0.15, 0.2) is 12.2 Å². The third-order valence-electron chi connectivity index (χ3n) is 13.0. The summed E-state index contributed by atoms with van der Waals surface area (Å²) in [6.07, 6.45) is 61.3. The SMILES string of the molecule is CCCCCCCCCC/C=C\CCCCCCCCCCCCCCCCCCCC(=O)OCC(COC(=O)CCCCCCC)OC(=O)CCCCCCCCCCCCCC. The molecule has 0 N–H and O–H groups in total. The molecule has 0 radical (unpaired) electrons. The monoisotopic (exact) mass is 903 g/mol. The molecule has 0 aliphatic carbocycles. The second-order valence-electron chi connectivity index (χ2n) is 19.6. The zero-order valence-corrected chi connectivity index (χ0v) is 43.3. The van der Waals surface area contributed by atoms with Crippen molar-refractivity contribution >= 4 is 17.9 Å². The number of unbranched alkanes of at least 4 members (excludes halogenated alkanes) is 40. The lowest BCUT2D eigenvalue weighted by molar-refractivity contribution is -0.167. The molecule has 0 amide bonds. The molecule has 6 heteroatoms. The van der Waals surface area contributed by atoms with Crippen LogP contribution in [0.4, 0.5) is 0 Å². The molecule has 0 aromatic heterocycles. The number of carbonyl (C=O) groups is 3. The number of rotatable bonds is 53. The Morgan fingerprint density at radius 2 is 0.516 bits per heavy atom. The maximum Gasteiger partial charge on any atom is 0.306 e. The molecule has 0 saturated heterocycles. The first kappa shape index (κ1) is 62.1. The fraction of sp³-hybridized carbons (Fsp3) is 0.914. The molecule has 0 aliphatic rings. The van der Waals surface area contributed by atoms with E-state index in [0.29, 0.717) is 19.3 Å². The fourth-order valence-corrected chi connectivity index (χ4v) is 8.68. The zero-order valence-electron chi connectivity index (χ0n) is 43.3. The normalized spacial score (nSPS) is 12.0. The van der Waals surface area contributed by atoms with Crippen LogP contribution in [0.5, 0.6) is 0 Å². The highest BCUT2D eigenvalue weighted by atomic mass is 16.6. The minimum absolute atomic E-state index is 0.0649. The number of allylic oxidation sites excluding steroid dienone is 2. The van der Waals surface area contributed by atoms with Crippen LogP contribution in [0, 0.1) is 0 Å². The van der Waals surface area contributed by atoms with Gasteiger partial charge < -0.3 is 14.2 Å². The molecule has 0 aromatic rings. The highest BCUT2D eigenvalue weighted by molar-refractivity contribution is 5.71. The first-order valence-electron chi connectivity index (χ1n) is 28.7. The van der Waals surface area contributed by atoms with Gasteiger partial charge in [-0.25, -0.2) is 0 Å². The molecule has 0 saturated carbocycles. The quantitative estimate of drug-likeness (QED) is 0.0262. The molecular formula is C58H110O6. The van der Waals surface area contributed by atoms with Crippen LogP contribution in [0.3, 0.4) is 0 Å². The molecule has 0 aliphatic heterocycles. The second kappa shape index (κ2) is 53.8. The Hall–Kier alpha value is -1.85. The minimum Gasteiger partial charge on any atom is -0.462 e. The van der Waals surface area contributed by atoms with Crippen molar-refractivity contribution in [3.8, 4) is 0 Å². The summed E-state index contributed by atoms with van der Waals surface area (Å²) in [6, 6.07) is 0. The minimum atomic E-state index is -0.760. The average Bonchev–Trinajstić information content (AvgIpc) is 3.29. The van der Waals surface area contributed by atoms with Crippen LogP contribution in [-0.2, 0) is 28.6 Å². The van der Waals surface area contributed by atoms with Gasteiger partial charge in [0.1, 0.15) is 13.2 Å². The largest absolute Gasteiger partial charge is 0.462 e. The molecule has 1 atom stereocenters. The first-order valence-corrected chi connectivity index (χ1v) is 28.7. The summed E-state index contributed by atoms with van der Waals surface area (Å²) in [5, 5.41) is 0. The van der Waals surface area contributed by atoms with Crippen LogP contribution in [0.2, 0.25) is 0 Å². The van der Waals surface area contributed by atoms with Crippen molar-refractivity contribution in [3.05, 3.63) is 12.2 Å². The Balaban J connectivity index is 3.90. The van der Waals surface area contributed by atoms with E-state index < -0.39 is 6.10 Å². The van der Waals surface area contributed by atoms with Gasteiger partial charge in [0.05, 0.1) is 0 Å². The van der Waals surface area contributed by atoms with Gasteiger partial charge in [-0.2, -0.15) is 0 Å². The number of carbonyl (C=O) groups excluding carboxylic acids is 3. The standard InChI is InChI=1S/C58H110O6/c1-4-7-10-13-15-17-19-21-22-23-24-25-26-27-28-29-30-31-32-33-34-35-36-37-39-40-42-45-48-51-57(60)63-54-55(53-62-56(59)50-47-44-12-9-6-3)64-58(61)52-49-46-43-41-38-20-18-16-14-11-8-5-2/h23-24,55H,4-22,25-54H2,1-3H3/b24-23-. The molecule has 0 spiro atoms. The van der Waals surface area contributed by atoms with Crippen LogP contribution in [0.25, 0.3) is 0 Å². The smallest absolute Gasteiger partial charge is 0.306 e. The van der Waals surface area contributed by atoms with Gasteiger partial charge in [0.15, 0.2) is 6.10 Å². The van der Waals surface area contributed by atoms with E-state index in [1.165, 1.54) is 218 Å². The van der Waals surface area contributed by atoms with E-state index in [9.17, 15) is 14.4 Å². The molecule has 0 rings (SSSR count). The molecule has 64 heavy (non-hydrogen) atoms. The molecule has 0 heterocycles. The average molecular weight is 904 g/mol. The van der Waals surface area contributed by atoms with Gasteiger partial charge in [-0.05, 0) is 44.9 Å².